The van der Waals surface area contributed by atoms with Gasteiger partial charge in [-0.05, 0) is 0 Å². The first-order valence-electron chi connectivity index (χ1n) is 7.69. The maximum atomic E-state index is 12.6. The summed E-state index contributed by atoms with van der Waals surface area (Å²) >= 11 is -0.209. The summed E-state index contributed by atoms with van der Waals surface area (Å²) in [5.41, 5.74) is -3.27. The van der Waals surface area contributed by atoms with Crippen LogP contribution in [0.2, 0.25) is 0 Å². The summed E-state index contributed by atoms with van der Waals surface area (Å²) in [6.07, 6.45) is 0. The molecule has 8 nitrogen and oxygen atoms in total. The molecule has 3 rings (SSSR count). The topological polar surface area (TPSA) is 119 Å². The molecule has 0 amide bonds. The number of carbonyl (C=O) groups is 2. The zero-order chi connectivity index (χ0) is 19.4. The van der Waals surface area contributed by atoms with Crippen molar-refractivity contribution in [1.82, 2.24) is 0 Å². The fraction of sp³-hybridized carbons (Fsp3) is 0.786. The molecule has 0 aliphatic carbocycles. The van der Waals surface area contributed by atoms with Crippen LogP contribution in [0, 0.1) is 11.3 Å². The van der Waals surface area contributed by atoms with E-state index in [0.29, 0.717) is 5.92 Å². The molecule has 0 aromatic heterocycles. The fourth-order valence-electron chi connectivity index (χ4n) is 4.40. The summed E-state index contributed by atoms with van der Waals surface area (Å²) in [5.74, 6) is -0.991. The Morgan fingerprint density at radius 2 is 1.77 bits per heavy atom. The van der Waals surface area contributed by atoms with E-state index >= 15 is 0 Å². The molecule has 136 valence electrons. The molecule has 0 N–H and O–H groups in total. The van der Waals surface area contributed by atoms with Gasteiger partial charge in [-0.15, -0.1) is 0 Å². The van der Waals surface area contributed by atoms with Gasteiger partial charge in [0.05, 0.1) is 0 Å². The fourth-order valence-corrected chi connectivity index (χ4v) is 15.8. The molecule has 3 aliphatic rings. The third-order valence-electron chi connectivity index (χ3n) is 6.41. The molecular formula is C14H16HfHg2O8S-2. The van der Waals surface area contributed by atoms with Gasteiger partial charge in [0.15, 0.2) is 0 Å². The minimum absolute atomic E-state index is 0. The molecule has 0 aromatic rings. The van der Waals surface area contributed by atoms with E-state index < -0.39 is 50.1 Å². The van der Waals surface area contributed by atoms with Gasteiger partial charge in [0.1, 0.15) is 0 Å². The molecule has 5 unspecified atom stereocenters. The Bertz CT molecular complexity index is 803. The average molecular weight is 924 g/mol. The minimum atomic E-state index is -4.84. The van der Waals surface area contributed by atoms with E-state index in [1.165, 1.54) is 0 Å². The smallest absolute Gasteiger partial charge is 0 e. The first kappa shape index (κ1) is 23.7. The largest absolute Gasteiger partial charge is 0 e. The number of hydrogen-bond acceptors (Lipinski definition) is 8. The van der Waals surface area contributed by atoms with Gasteiger partial charge in [-0.1, -0.05) is 0 Å². The van der Waals surface area contributed by atoms with Crippen molar-refractivity contribution in [2.45, 2.75) is 57.3 Å². The number of hydrogen-bond donors (Lipinski definition) is 0. The SMILES string of the molecule is CC(C(=O)OC1(C)C2(C)OC(=O)[C-]3C(C)(C)[C]1([Hg])O[C]32[Hg])S(=O)(=O)[O-].[Hf]. The number of ether oxygens (including phenoxy) is 3. The van der Waals surface area contributed by atoms with Crippen molar-refractivity contribution in [3.63, 3.8) is 0 Å². The van der Waals surface area contributed by atoms with Gasteiger partial charge in [0.25, 0.3) is 0 Å². The number of rotatable bonds is 3. The Labute approximate surface area is 203 Å². The standard InChI is InChI=1S/C14H17O8S.Hf.2Hg/c1-6(23(17,18)19)9(15)21-14(5)11-12(2,3)7-8(20-11)13(14,4)22-10(7)16;;;/h6H,1-5H3,(H,17,18,19);;;/q-1;;;/p-1. The van der Waals surface area contributed by atoms with Crippen LogP contribution in [0.1, 0.15) is 34.6 Å². The second kappa shape index (κ2) is 6.21. The molecule has 3 saturated heterocycles. The Kier molecular flexibility index (Phi) is 5.66. The van der Waals surface area contributed by atoms with Gasteiger partial charge < -0.3 is 0 Å². The summed E-state index contributed by atoms with van der Waals surface area (Å²) in [7, 11) is -4.84. The molecule has 3 heterocycles. The number of carbonyl (C=O) groups excluding carboxylic acids is 2. The third kappa shape index (κ3) is 2.40. The van der Waals surface area contributed by atoms with Crippen LogP contribution in [0.25, 0.3) is 0 Å². The molecule has 26 heavy (non-hydrogen) atoms. The molecule has 0 saturated carbocycles. The zero-order valence-corrected chi connectivity index (χ0v) is 30.6. The van der Waals surface area contributed by atoms with E-state index in [1.54, 1.807) is 13.8 Å². The van der Waals surface area contributed by atoms with E-state index in [4.69, 9.17) is 14.2 Å². The summed E-state index contributed by atoms with van der Waals surface area (Å²) < 4.78 is 49.6. The van der Waals surface area contributed by atoms with Crippen molar-refractivity contribution in [2.75, 3.05) is 0 Å². The van der Waals surface area contributed by atoms with Crippen LogP contribution in [0.3, 0.4) is 0 Å². The first-order valence-corrected chi connectivity index (χ1v) is 14.7. The predicted octanol–water partition coefficient (Wildman–Crippen LogP) is -0.334. The van der Waals surface area contributed by atoms with Crippen LogP contribution in [0.15, 0.2) is 0 Å². The first-order chi connectivity index (χ1) is 11.0. The summed E-state index contributed by atoms with van der Waals surface area (Å²) in [4.78, 5) is 25.0. The maximum Gasteiger partial charge on any atom is 0 e. The van der Waals surface area contributed by atoms with Crippen molar-refractivity contribution in [3.8, 4) is 0 Å². The van der Waals surface area contributed by atoms with Crippen LogP contribution in [0.5, 0.6) is 0 Å². The molecule has 0 radical (unpaired) electrons. The van der Waals surface area contributed by atoms with E-state index in [9.17, 15) is 22.6 Å². The molecular weight excluding hydrogens is 908 g/mol. The van der Waals surface area contributed by atoms with Gasteiger partial charge in [0, 0.05) is 25.8 Å². The minimum Gasteiger partial charge on any atom is 0 e. The van der Waals surface area contributed by atoms with Gasteiger partial charge in [-0.3, -0.25) is 0 Å². The van der Waals surface area contributed by atoms with E-state index in [1.807, 2.05) is 13.8 Å². The Morgan fingerprint density at radius 1 is 1.27 bits per heavy atom. The van der Waals surface area contributed by atoms with Crippen molar-refractivity contribution < 1.29 is 115 Å². The van der Waals surface area contributed by atoms with E-state index in [0.717, 1.165) is 6.92 Å². The quantitative estimate of drug-likeness (QED) is 0.164. The predicted molar refractivity (Wildman–Crippen MR) is 71.7 cm³/mol. The van der Waals surface area contributed by atoms with Crippen molar-refractivity contribution in [3.05, 3.63) is 5.92 Å². The van der Waals surface area contributed by atoms with Crippen LogP contribution in [-0.2, 0) is 112 Å². The molecule has 0 spiro atoms. The average Bonchev–Trinajstić information content (AvgIpc) is 2.77. The molecule has 3 fully saturated rings. The van der Waals surface area contributed by atoms with Crippen LogP contribution < -0.4 is 0 Å². The second-order valence-electron chi connectivity index (χ2n) is 7.77. The normalized spacial score (nSPS) is 43.8. The molecule has 3 aliphatic heterocycles. The van der Waals surface area contributed by atoms with Crippen molar-refractivity contribution >= 4 is 22.1 Å². The second-order valence-corrected chi connectivity index (χ2v) is 17.2. The van der Waals surface area contributed by atoms with Gasteiger partial charge in [0.2, 0.25) is 0 Å². The molecule has 12 heteroatoms. The zero-order valence-electron chi connectivity index (χ0n) is 15.2. The van der Waals surface area contributed by atoms with Crippen LogP contribution in [-0.4, -0.2) is 47.6 Å². The van der Waals surface area contributed by atoms with Gasteiger partial charge in [-0.25, -0.2) is 0 Å². The van der Waals surface area contributed by atoms with Crippen LogP contribution in [0.4, 0.5) is 0 Å². The van der Waals surface area contributed by atoms with Crippen molar-refractivity contribution in [1.29, 1.82) is 0 Å². The van der Waals surface area contributed by atoms with E-state index in [-0.39, 0.29) is 78.1 Å². The Hall–Kier alpha value is 1.42. The summed E-state index contributed by atoms with van der Waals surface area (Å²) in [6, 6.07) is 0. The number of fused-ring (bicyclic) bond motifs is 1. The Balaban J connectivity index is 0.00000243. The monoisotopic (exact) mass is 928 g/mol. The van der Waals surface area contributed by atoms with Crippen LogP contribution >= 0.6 is 0 Å². The van der Waals surface area contributed by atoms with E-state index in [2.05, 4.69) is 0 Å². The number of esters is 2. The van der Waals surface area contributed by atoms with Gasteiger partial charge in [-0.2, -0.15) is 0 Å². The molecule has 0 aromatic carbocycles. The maximum absolute atomic E-state index is 12.6. The van der Waals surface area contributed by atoms with Gasteiger partial charge >= 0.3 is 180 Å². The van der Waals surface area contributed by atoms with Crippen molar-refractivity contribution in [2.24, 2.45) is 5.41 Å². The third-order valence-corrected chi connectivity index (χ3v) is 18.6. The Morgan fingerprint density at radius 3 is 2.23 bits per heavy atom. The molecule has 2 bridgehead atoms. The summed E-state index contributed by atoms with van der Waals surface area (Å²) in [5, 5.41) is -1.84. The molecule has 5 atom stereocenters. The summed E-state index contributed by atoms with van der Waals surface area (Å²) in [6.45, 7) is 8.05.